The average Bonchev–Trinajstić information content (AvgIpc) is 1.93. The lowest BCUT2D eigenvalue weighted by atomic mass is 9.80. The smallest absolute Gasteiger partial charge is 0.0575 e. The average molecular weight is 142 g/mol. The molecule has 60 valence electrons. The maximum absolute atomic E-state index is 5.57. The van der Waals surface area contributed by atoms with E-state index in [0.29, 0.717) is 6.10 Å². The van der Waals surface area contributed by atoms with E-state index in [-0.39, 0.29) is 0 Å². The van der Waals surface area contributed by atoms with Gasteiger partial charge in [-0.15, -0.1) is 0 Å². The van der Waals surface area contributed by atoms with Gasteiger partial charge in [-0.2, -0.15) is 0 Å². The Morgan fingerprint density at radius 2 is 1.60 bits per heavy atom. The van der Waals surface area contributed by atoms with Crippen LogP contribution in [0.4, 0.5) is 0 Å². The first kappa shape index (κ1) is 8.06. The van der Waals surface area contributed by atoms with Crippen molar-refractivity contribution < 1.29 is 4.74 Å². The van der Waals surface area contributed by atoms with Crippen molar-refractivity contribution in [2.45, 2.75) is 33.8 Å². The zero-order valence-electron chi connectivity index (χ0n) is 7.42. The van der Waals surface area contributed by atoms with E-state index in [4.69, 9.17) is 4.74 Å². The summed E-state index contributed by atoms with van der Waals surface area (Å²) >= 11 is 0. The quantitative estimate of drug-likeness (QED) is 0.504. The van der Waals surface area contributed by atoms with Crippen molar-refractivity contribution in [2.24, 2.45) is 17.8 Å². The minimum Gasteiger partial charge on any atom is -0.378 e. The van der Waals surface area contributed by atoms with Crippen LogP contribution in [-0.2, 0) is 4.74 Å². The van der Waals surface area contributed by atoms with Crippen LogP contribution in [0.2, 0.25) is 0 Å². The molecule has 1 heteroatoms. The fourth-order valence-electron chi connectivity index (χ4n) is 1.55. The summed E-state index contributed by atoms with van der Waals surface area (Å²) in [6.07, 6.45) is 0.464. The van der Waals surface area contributed by atoms with Crippen LogP contribution < -0.4 is 0 Å². The van der Waals surface area contributed by atoms with E-state index in [2.05, 4.69) is 27.7 Å². The molecule has 10 heavy (non-hydrogen) atoms. The van der Waals surface area contributed by atoms with E-state index in [0.717, 1.165) is 24.4 Å². The van der Waals surface area contributed by atoms with Gasteiger partial charge in [-0.25, -0.2) is 0 Å². The van der Waals surface area contributed by atoms with E-state index < -0.39 is 0 Å². The molecule has 0 bridgehead atoms. The fourth-order valence-corrected chi connectivity index (χ4v) is 1.55. The van der Waals surface area contributed by atoms with Crippen LogP contribution in [0.5, 0.6) is 0 Å². The van der Waals surface area contributed by atoms with Crippen LogP contribution in [0, 0.1) is 17.8 Å². The molecule has 0 amide bonds. The maximum Gasteiger partial charge on any atom is 0.0575 e. The Hall–Kier alpha value is -0.0400. The lowest BCUT2D eigenvalue weighted by molar-refractivity contribution is -0.0661. The molecule has 1 heterocycles. The molecule has 1 nitrogen and oxygen atoms in total. The Balaban J connectivity index is 2.52. The van der Waals surface area contributed by atoms with Crippen LogP contribution in [0.3, 0.4) is 0 Å². The SMILES string of the molecule is CC1[C@H](C)OC[C@H](C)[C@@H]1C. The monoisotopic (exact) mass is 142 g/mol. The molecule has 0 N–H and O–H groups in total. The highest BCUT2D eigenvalue weighted by Gasteiger charge is 2.29. The summed E-state index contributed by atoms with van der Waals surface area (Å²) in [5.74, 6) is 2.29. The summed E-state index contributed by atoms with van der Waals surface area (Å²) < 4.78 is 5.57. The molecule has 0 radical (unpaired) electrons. The van der Waals surface area contributed by atoms with Crippen molar-refractivity contribution in [3.8, 4) is 0 Å². The third kappa shape index (κ3) is 1.34. The van der Waals surface area contributed by atoms with Gasteiger partial charge in [-0.1, -0.05) is 20.8 Å². The first-order valence-corrected chi connectivity index (χ1v) is 4.24. The second-order valence-corrected chi connectivity index (χ2v) is 3.73. The van der Waals surface area contributed by atoms with Gasteiger partial charge < -0.3 is 4.74 Å². The third-order valence-corrected chi connectivity index (χ3v) is 3.09. The highest BCUT2D eigenvalue weighted by Crippen LogP contribution is 2.29. The van der Waals surface area contributed by atoms with Crippen LogP contribution in [0.25, 0.3) is 0 Å². The largest absolute Gasteiger partial charge is 0.378 e. The van der Waals surface area contributed by atoms with Gasteiger partial charge in [0.15, 0.2) is 0 Å². The molecule has 0 aliphatic carbocycles. The predicted molar refractivity (Wildman–Crippen MR) is 42.9 cm³/mol. The second-order valence-electron chi connectivity index (χ2n) is 3.73. The molecule has 1 fully saturated rings. The number of rotatable bonds is 0. The Kier molecular flexibility index (Phi) is 2.35. The van der Waals surface area contributed by atoms with Crippen LogP contribution in [-0.4, -0.2) is 12.7 Å². The Labute approximate surface area is 63.8 Å². The number of hydrogen-bond acceptors (Lipinski definition) is 1. The highest BCUT2D eigenvalue weighted by atomic mass is 16.5. The molecular formula is C9H18O. The van der Waals surface area contributed by atoms with Gasteiger partial charge in [0, 0.05) is 6.61 Å². The summed E-state index contributed by atoms with van der Waals surface area (Å²) in [6.45, 7) is 10.0. The van der Waals surface area contributed by atoms with Gasteiger partial charge in [0.1, 0.15) is 0 Å². The van der Waals surface area contributed by atoms with Gasteiger partial charge >= 0.3 is 0 Å². The maximum atomic E-state index is 5.57. The molecule has 1 aliphatic heterocycles. The molecule has 1 aliphatic rings. The summed E-state index contributed by atoms with van der Waals surface area (Å²) in [6, 6.07) is 0. The lowest BCUT2D eigenvalue weighted by Gasteiger charge is -2.36. The Morgan fingerprint density at radius 1 is 1.00 bits per heavy atom. The molecule has 4 atom stereocenters. The molecular weight excluding hydrogens is 124 g/mol. The lowest BCUT2D eigenvalue weighted by Crippen LogP contribution is -2.36. The molecule has 1 saturated heterocycles. The molecule has 0 saturated carbocycles. The van der Waals surface area contributed by atoms with E-state index in [9.17, 15) is 0 Å². The van der Waals surface area contributed by atoms with Crippen molar-refractivity contribution in [2.75, 3.05) is 6.61 Å². The third-order valence-electron chi connectivity index (χ3n) is 3.09. The fraction of sp³-hybridized carbons (Fsp3) is 1.00. The van der Waals surface area contributed by atoms with Crippen molar-refractivity contribution in [3.63, 3.8) is 0 Å². The van der Waals surface area contributed by atoms with E-state index >= 15 is 0 Å². The Bertz CT molecular complexity index is 97.3. The summed E-state index contributed by atoms with van der Waals surface area (Å²) in [5.41, 5.74) is 0. The Morgan fingerprint density at radius 3 is 2.10 bits per heavy atom. The minimum atomic E-state index is 0.464. The highest BCUT2D eigenvalue weighted by molar-refractivity contribution is 4.77. The van der Waals surface area contributed by atoms with Crippen molar-refractivity contribution >= 4 is 0 Å². The van der Waals surface area contributed by atoms with Gasteiger partial charge in [-0.3, -0.25) is 0 Å². The first-order chi connectivity index (χ1) is 4.63. The summed E-state index contributed by atoms with van der Waals surface area (Å²) in [4.78, 5) is 0. The number of ether oxygens (including phenoxy) is 1. The zero-order chi connectivity index (χ0) is 7.72. The van der Waals surface area contributed by atoms with Crippen LogP contribution in [0.15, 0.2) is 0 Å². The number of hydrogen-bond donors (Lipinski definition) is 0. The summed E-state index contributed by atoms with van der Waals surface area (Å²) in [5, 5.41) is 0. The molecule has 1 rings (SSSR count). The first-order valence-electron chi connectivity index (χ1n) is 4.24. The molecule has 0 aromatic heterocycles. The molecule has 0 aromatic carbocycles. The van der Waals surface area contributed by atoms with E-state index in [1.807, 2.05) is 0 Å². The van der Waals surface area contributed by atoms with Crippen LogP contribution in [0.1, 0.15) is 27.7 Å². The second kappa shape index (κ2) is 2.91. The topological polar surface area (TPSA) is 9.23 Å². The van der Waals surface area contributed by atoms with Crippen molar-refractivity contribution in [1.29, 1.82) is 0 Å². The minimum absolute atomic E-state index is 0.464. The summed E-state index contributed by atoms with van der Waals surface area (Å²) in [7, 11) is 0. The molecule has 1 unspecified atom stereocenters. The predicted octanol–water partition coefficient (Wildman–Crippen LogP) is 2.31. The molecule has 0 spiro atoms. The van der Waals surface area contributed by atoms with E-state index in [1.54, 1.807) is 0 Å². The van der Waals surface area contributed by atoms with Crippen molar-refractivity contribution in [3.05, 3.63) is 0 Å². The standard InChI is InChI=1S/C9H18O/c1-6-5-10-9(4)8(3)7(6)2/h6-9H,5H2,1-4H3/t6-,7-,8?,9-/m0/s1. The molecule has 0 aromatic rings. The van der Waals surface area contributed by atoms with Gasteiger partial charge in [0.2, 0.25) is 0 Å². The van der Waals surface area contributed by atoms with E-state index in [1.165, 1.54) is 0 Å². The zero-order valence-corrected chi connectivity index (χ0v) is 7.42. The van der Waals surface area contributed by atoms with Crippen molar-refractivity contribution in [1.82, 2.24) is 0 Å². The normalized spacial score (nSPS) is 49.2. The van der Waals surface area contributed by atoms with Crippen LogP contribution >= 0.6 is 0 Å². The van der Waals surface area contributed by atoms with Gasteiger partial charge in [-0.05, 0) is 24.7 Å². The van der Waals surface area contributed by atoms with Gasteiger partial charge in [0.25, 0.3) is 0 Å². The van der Waals surface area contributed by atoms with Gasteiger partial charge in [0.05, 0.1) is 6.10 Å².